The third-order valence-electron chi connectivity index (χ3n) is 4.05. The van der Waals surface area contributed by atoms with Gasteiger partial charge in [-0.25, -0.2) is 8.42 Å². The molecule has 0 radical (unpaired) electrons. The lowest BCUT2D eigenvalue weighted by Crippen LogP contribution is -2.42. The van der Waals surface area contributed by atoms with Gasteiger partial charge in [-0.2, -0.15) is 9.40 Å². The molecule has 1 aliphatic heterocycles. The molecule has 0 bridgehead atoms. The summed E-state index contributed by atoms with van der Waals surface area (Å²) in [5.41, 5.74) is 1.35. The van der Waals surface area contributed by atoms with Crippen LogP contribution in [0.15, 0.2) is 4.90 Å². The molecule has 20 heavy (non-hydrogen) atoms. The smallest absolute Gasteiger partial charge is 0.246 e. The molecule has 2 unspecified atom stereocenters. The predicted octanol–water partition coefficient (Wildman–Crippen LogP) is 2.19. The molecule has 0 N–H and O–H groups in total. The maximum atomic E-state index is 12.9. The van der Waals surface area contributed by atoms with Crippen molar-refractivity contribution in [2.24, 2.45) is 11.8 Å². The first kappa shape index (κ1) is 15.5. The normalized spacial score (nSPS) is 25.1. The van der Waals surface area contributed by atoms with Gasteiger partial charge in [-0.15, -0.1) is 0 Å². The van der Waals surface area contributed by atoms with Crippen LogP contribution < -0.4 is 0 Å². The largest absolute Gasteiger partial charge is 0.268 e. The molecule has 0 amide bonds. The van der Waals surface area contributed by atoms with E-state index in [0.29, 0.717) is 42.1 Å². The second kappa shape index (κ2) is 5.48. The summed E-state index contributed by atoms with van der Waals surface area (Å²) in [6.07, 6.45) is 1.10. The van der Waals surface area contributed by atoms with Gasteiger partial charge < -0.3 is 0 Å². The Bertz CT molecular complexity index is 582. The zero-order valence-electron chi connectivity index (χ0n) is 13.0. The molecule has 2 atom stereocenters. The van der Waals surface area contributed by atoms with E-state index in [1.54, 1.807) is 15.9 Å². The highest BCUT2D eigenvalue weighted by atomic mass is 32.2. The Morgan fingerprint density at radius 2 is 1.75 bits per heavy atom. The Kier molecular flexibility index (Phi) is 4.25. The minimum absolute atomic E-state index is 0.403. The van der Waals surface area contributed by atoms with Crippen LogP contribution >= 0.6 is 0 Å². The van der Waals surface area contributed by atoms with Crippen molar-refractivity contribution in [2.45, 2.75) is 52.5 Å². The maximum Gasteiger partial charge on any atom is 0.246 e. The van der Waals surface area contributed by atoms with Crippen molar-refractivity contribution in [3.63, 3.8) is 0 Å². The van der Waals surface area contributed by atoms with Crippen LogP contribution in [0.5, 0.6) is 0 Å². The quantitative estimate of drug-likeness (QED) is 0.859. The van der Waals surface area contributed by atoms with Crippen molar-refractivity contribution >= 4 is 10.0 Å². The fourth-order valence-corrected chi connectivity index (χ4v) is 5.35. The van der Waals surface area contributed by atoms with Crippen LogP contribution in [0.1, 0.15) is 38.6 Å². The van der Waals surface area contributed by atoms with E-state index in [4.69, 9.17) is 0 Å². The summed E-state index contributed by atoms with van der Waals surface area (Å²) in [6.45, 7) is 11.7. The molecule has 0 aromatic carbocycles. The fraction of sp³-hybridized carbons (Fsp3) is 0.786. The zero-order chi connectivity index (χ0) is 15.1. The Labute approximate surface area is 122 Å². The van der Waals surface area contributed by atoms with Gasteiger partial charge in [0.1, 0.15) is 4.90 Å². The predicted molar refractivity (Wildman–Crippen MR) is 79.1 cm³/mol. The number of sulfonamides is 1. The molecule has 1 saturated heterocycles. The van der Waals surface area contributed by atoms with Crippen molar-refractivity contribution in [1.29, 1.82) is 0 Å². The van der Waals surface area contributed by atoms with E-state index < -0.39 is 10.0 Å². The van der Waals surface area contributed by atoms with Crippen molar-refractivity contribution < 1.29 is 8.42 Å². The van der Waals surface area contributed by atoms with E-state index in [1.807, 2.05) is 13.8 Å². The van der Waals surface area contributed by atoms with Crippen molar-refractivity contribution in [1.82, 2.24) is 14.1 Å². The van der Waals surface area contributed by atoms with Gasteiger partial charge in [-0.1, -0.05) is 13.8 Å². The van der Waals surface area contributed by atoms with Crippen LogP contribution in [0.25, 0.3) is 0 Å². The van der Waals surface area contributed by atoms with Crippen LogP contribution in [0.3, 0.4) is 0 Å². The molecule has 0 spiro atoms. The van der Waals surface area contributed by atoms with Gasteiger partial charge in [0.25, 0.3) is 0 Å². The minimum Gasteiger partial charge on any atom is -0.268 e. The summed E-state index contributed by atoms with van der Waals surface area (Å²) in [6, 6.07) is 0. The molecule has 6 heteroatoms. The van der Waals surface area contributed by atoms with E-state index in [9.17, 15) is 8.42 Å². The van der Waals surface area contributed by atoms with Gasteiger partial charge in [0, 0.05) is 19.6 Å². The molecule has 0 saturated carbocycles. The lowest BCUT2D eigenvalue weighted by atomic mass is 9.94. The summed E-state index contributed by atoms with van der Waals surface area (Å²) < 4.78 is 29.2. The number of nitrogens with zero attached hydrogens (tertiary/aromatic N) is 3. The highest BCUT2D eigenvalue weighted by molar-refractivity contribution is 7.89. The van der Waals surface area contributed by atoms with E-state index in [-0.39, 0.29) is 0 Å². The molecule has 1 aliphatic rings. The second-order valence-electron chi connectivity index (χ2n) is 6.08. The van der Waals surface area contributed by atoms with Gasteiger partial charge in [0.05, 0.1) is 11.4 Å². The average molecular weight is 299 g/mol. The molecule has 1 aromatic rings. The highest BCUT2D eigenvalue weighted by Gasteiger charge is 2.35. The molecule has 114 valence electrons. The fourth-order valence-electron chi connectivity index (χ4n) is 3.29. The average Bonchev–Trinajstić information content (AvgIpc) is 2.63. The number of piperidine rings is 1. The van der Waals surface area contributed by atoms with Crippen LogP contribution in [0.2, 0.25) is 0 Å². The second-order valence-corrected chi connectivity index (χ2v) is 7.96. The van der Waals surface area contributed by atoms with Gasteiger partial charge in [-0.05, 0) is 39.0 Å². The third kappa shape index (κ3) is 2.63. The SMILES string of the molecule is CCn1nc(C)c(S(=O)(=O)N2CC(C)CC(C)C2)c1C. The van der Waals surface area contributed by atoms with E-state index in [1.165, 1.54) is 0 Å². The topological polar surface area (TPSA) is 55.2 Å². The van der Waals surface area contributed by atoms with Crippen molar-refractivity contribution in [3.05, 3.63) is 11.4 Å². The minimum atomic E-state index is -3.43. The van der Waals surface area contributed by atoms with Gasteiger partial charge >= 0.3 is 0 Å². The molecule has 1 fully saturated rings. The molecule has 1 aromatic heterocycles. The summed E-state index contributed by atoms with van der Waals surface area (Å²) in [5, 5.41) is 4.34. The maximum absolute atomic E-state index is 12.9. The molecular weight excluding hydrogens is 274 g/mol. The lowest BCUT2D eigenvalue weighted by molar-refractivity contribution is 0.222. The Hall–Kier alpha value is -0.880. The van der Waals surface area contributed by atoms with E-state index in [0.717, 1.165) is 12.1 Å². The Balaban J connectivity index is 2.42. The molecule has 0 aliphatic carbocycles. The van der Waals surface area contributed by atoms with E-state index in [2.05, 4.69) is 18.9 Å². The summed E-state index contributed by atoms with van der Waals surface area (Å²) in [7, 11) is -3.43. The summed E-state index contributed by atoms with van der Waals surface area (Å²) in [4.78, 5) is 0.403. The Morgan fingerprint density at radius 1 is 1.20 bits per heavy atom. The Morgan fingerprint density at radius 3 is 2.20 bits per heavy atom. The van der Waals surface area contributed by atoms with Crippen LogP contribution in [0.4, 0.5) is 0 Å². The highest BCUT2D eigenvalue weighted by Crippen LogP contribution is 2.29. The third-order valence-corrected chi connectivity index (χ3v) is 6.13. The molecule has 2 heterocycles. The molecule has 2 rings (SSSR count). The number of hydrogen-bond donors (Lipinski definition) is 0. The first-order valence-electron chi connectivity index (χ1n) is 7.31. The molecule has 5 nitrogen and oxygen atoms in total. The van der Waals surface area contributed by atoms with Crippen molar-refractivity contribution in [3.8, 4) is 0 Å². The lowest BCUT2D eigenvalue weighted by Gasteiger charge is -2.34. The summed E-state index contributed by atoms with van der Waals surface area (Å²) in [5.74, 6) is 0.825. The number of aryl methyl sites for hydroxylation is 2. The summed E-state index contributed by atoms with van der Waals surface area (Å²) >= 11 is 0. The number of hydrogen-bond acceptors (Lipinski definition) is 3. The monoisotopic (exact) mass is 299 g/mol. The first-order chi connectivity index (χ1) is 9.27. The van der Waals surface area contributed by atoms with Crippen LogP contribution in [-0.4, -0.2) is 35.6 Å². The van der Waals surface area contributed by atoms with E-state index >= 15 is 0 Å². The van der Waals surface area contributed by atoms with Crippen molar-refractivity contribution in [2.75, 3.05) is 13.1 Å². The number of rotatable bonds is 3. The van der Waals surface area contributed by atoms with Crippen LogP contribution in [-0.2, 0) is 16.6 Å². The van der Waals surface area contributed by atoms with Gasteiger partial charge in [0.15, 0.2) is 0 Å². The standard InChI is InChI=1S/C14H25N3O2S/c1-6-17-13(5)14(12(4)15-17)20(18,19)16-8-10(2)7-11(3)9-16/h10-11H,6-9H2,1-5H3. The van der Waals surface area contributed by atoms with Gasteiger partial charge in [-0.3, -0.25) is 4.68 Å². The van der Waals surface area contributed by atoms with Crippen LogP contribution in [0, 0.1) is 25.7 Å². The van der Waals surface area contributed by atoms with Gasteiger partial charge in [0.2, 0.25) is 10.0 Å². The molecular formula is C14H25N3O2S. The number of aromatic nitrogens is 2. The zero-order valence-corrected chi connectivity index (χ0v) is 13.9. The first-order valence-corrected chi connectivity index (χ1v) is 8.75.